The van der Waals surface area contributed by atoms with E-state index in [0.29, 0.717) is 5.92 Å². The van der Waals surface area contributed by atoms with Gasteiger partial charge in [0.05, 0.1) is 12.2 Å². The van der Waals surface area contributed by atoms with Crippen LogP contribution in [-0.2, 0) is 14.3 Å². The summed E-state index contributed by atoms with van der Waals surface area (Å²) < 4.78 is 11.7. The van der Waals surface area contributed by atoms with Crippen molar-refractivity contribution in [3.05, 3.63) is 59.8 Å². The van der Waals surface area contributed by atoms with E-state index in [-0.39, 0.29) is 24.4 Å². The third-order valence-corrected chi connectivity index (χ3v) is 4.44. The summed E-state index contributed by atoms with van der Waals surface area (Å²) in [5.74, 6) is 0.428. The molecule has 1 rings (SSSR count). The number of aldehydes is 1. The average molecular weight is 387 g/mol. The van der Waals surface area contributed by atoms with Crippen molar-refractivity contribution in [2.75, 3.05) is 0 Å². The van der Waals surface area contributed by atoms with Crippen LogP contribution in [0.2, 0.25) is 0 Å². The number of hydrogen-bond acceptors (Lipinski definition) is 3. The highest BCUT2D eigenvalue weighted by molar-refractivity contribution is 5.56. The van der Waals surface area contributed by atoms with Crippen molar-refractivity contribution in [2.45, 2.75) is 79.3 Å². The molecule has 0 N–H and O–H groups in total. The summed E-state index contributed by atoms with van der Waals surface area (Å²) in [4.78, 5) is 10.7. The summed E-state index contributed by atoms with van der Waals surface area (Å²) in [7, 11) is 0. The van der Waals surface area contributed by atoms with Crippen molar-refractivity contribution in [1.29, 1.82) is 0 Å². The Bertz CT molecular complexity index is 607. The molecule has 1 aliphatic rings. The van der Waals surface area contributed by atoms with E-state index in [0.717, 1.165) is 31.1 Å². The van der Waals surface area contributed by atoms with Gasteiger partial charge in [0.1, 0.15) is 6.29 Å². The van der Waals surface area contributed by atoms with E-state index < -0.39 is 0 Å². The summed E-state index contributed by atoms with van der Waals surface area (Å²) >= 11 is 0. The first-order valence-electron chi connectivity index (χ1n) is 10.5. The molecule has 0 aliphatic carbocycles. The molecule has 3 nitrogen and oxygen atoms in total. The quantitative estimate of drug-likeness (QED) is 0.236. The van der Waals surface area contributed by atoms with Crippen LogP contribution in [0.25, 0.3) is 0 Å². The fraction of sp³-hybridized carbons (Fsp3) is 0.560. The van der Waals surface area contributed by atoms with Gasteiger partial charge in [-0.3, -0.25) is 0 Å². The first-order chi connectivity index (χ1) is 13.3. The van der Waals surface area contributed by atoms with E-state index in [4.69, 9.17) is 9.47 Å². The second-order valence-corrected chi connectivity index (χ2v) is 7.87. The molecule has 0 unspecified atom stereocenters. The largest absolute Gasteiger partial charge is 0.346 e. The zero-order valence-corrected chi connectivity index (χ0v) is 18.4. The molecular weight excluding hydrogens is 348 g/mol. The Kier molecular flexibility index (Phi) is 11.7. The van der Waals surface area contributed by atoms with Gasteiger partial charge in [-0.2, -0.15) is 0 Å². The maximum atomic E-state index is 10.7. The van der Waals surface area contributed by atoms with Crippen molar-refractivity contribution in [1.82, 2.24) is 0 Å². The van der Waals surface area contributed by atoms with E-state index in [1.165, 1.54) is 5.57 Å². The summed E-state index contributed by atoms with van der Waals surface area (Å²) in [6, 6.07) is 0. The van der Waals surface area contributed by atoms with Crippen LogP contribution in [0.4, 0.5) is 0 Å². The second kappa shape index (κ2) is 13.5. The Morgan fingerprint density at radius 1 is 1.21 bits per heavy atom. The van der Waals surface area contributed by atoms with Crippen LogP contribution in [0.15, 0.2) is 59.8 Å². The Morgan fingerprint density at radius 3 is 2.61 bits per heavy atom. The Hall–Kier alpha value is -1.71. The molecule has 28 heavy (non-hydrogen) atoms. The third kappa shape index (κ3) is 10.6. The molecule has 1 aliphatic heterocycles. The van der Waals surface area contributed by atoms with Crippen LogP contribution in [0.3, 0.4) is 0 Å². The summed E-state index contributed by atoms with van der Waals surface area (Å²) in [5.41, 5.74) is 2.45. The lowest BCUT2D eigenvalue weighted by molar-refractivity contribution is -0.154. The number of rotatable bonds is 11. The molecule has 0 spiro atoms. The molecule has 0 radical (unpaired) electrons. The van der Waals surface area contributed by atoms with Crippen molar-refractivity contribution in [3.8, 4) is 0 Å². The summed E-state index contributed by atoms with van der Waals surface area (Å²) in [6.07, 6.45) is 20.8. The number of ether oxygens (including phenoxy) is 2. The second-order valence-electron chi connectivity index (χ2n) is 7.87. The zero-order valence-electron chi connectivity index (χ0n) is 18.4. The first-order valence-corrected chi connectivity index (χ1v) is 10.5. The molecule has 0 aromatic rings. The third-order valence-electron chi connectivity index (χ3n) is 4.44. The minimum atomic E-state index is -0.250. The van der Waals surface area contributed by atoms with E-state index in [9.17, 15) is 4.79 Å². The molecular formula is C25H38O3. The standard InChI is InChI=1S/C25H38O3/c1-7-23(14-15-24-12-9-13-25(28-24)27-19(2)3)17-21(5)11-8-10-20(4)16-22(6)18-26/h8-10,13-19,21-22,24-25H,7,11-12H2,1-6H3/b10-8+,15-14+,20-16+,23-17-/t21-,22-,24-,25-/m1/s1. The van der Waals surface area contributed by atoms with Crippen LogP contribution in [0, 0.1) is 11.8 Å². The lowest BCUT2D eigenvalue weighted by Gasteiger charge is -2.25. The van der Waals surface area contributed by atoms with Gasteiger partial charge in [-0.05, 0) is 52.0 Å². The molecule has 4 atom stereocenters. The summed E-state index contributed by atoms with van der Waals surface area (Å²) in [6.45, 7) is 12.4. The van der Waals surface area contributed by atoms with Gasteiger partial charge in [-0.15, -0.1) is 0 Å². The predicted molar refractivity (Wildman–Crippen MR) is 118 cm³/mol. The lowest BCUT2D eigenvalue weighted by Crippen LogP contribution is -2.27. The van der Waals surface area contributed by atoms with Gasteiger partial charge in [0.15, 0.2) is 6.29 Å². The maximum Gasteiger partial charge on any atom is 0.177 e. The molecule has 0 aromatic heterocycles. The molecule has 0 saturated carbocycles. The van der Waals surface area contributed by atoms with E-state index in [1.54, 1.807) is 0 Å². The topological polar surface area (TPSA) is 35.5 Å². The van der Waals surface area contributed by atoms with E-state index in [1.807, 2.05) is 39.8 Å². The normalized spacial score (nSPS) is 23.7. The molecule has 0 fully saturated rings. The van der Waals surface area contributed by atoms with Gasteiger partial charge in [0.25, 0.3) is 0 Å². The number of carbonyl (C=O) groups excluding carboxylic acids is 1. The minimum absolute atomic E-state index is 0.0267. The van der Waals surface area contributed by atoms with E-state index >= 15 is 0 Å². The highest BCUT2D eigenvalue weighted by Gasteiger charge is 2.17. The Balaban J connectivity index is 2.58. The van der Waals surface area contributed by atoms with Gasteiger partial charge < -0.3 is 14.3 Å². The average Bonchev–Trinajstić information content (AvgIpc) is 2.64. The van der Waals surface area contributed by atoms with Crippen LogP contribution >= 0.6 is 0 Å². The number of hydrogen-bond donors (Lipinski definition) is 0. The maximum absolute atomic E-state index is 10.7. The van der Waals surface area contributed by atoms with Crippen molar-refractivity contribution in [3.63, 3.8) is 0 Å². The number of allylic oxidation sites excluding steroid dienone is 7. The lowest BCUT2D eigenvalue weighted by atomic mass is 10.0. The molecule has 0 amide bonds. The van der Waals surface area contributed by atoms with Crippen LogP contribution in [-0.4, -0.2) is 24.8 Å². The van der Waals surface area contributed by atoms with Crippen LogP contribution < -0.4 is 0 Å². The molecule has 156 valence electrons. The van der Waals surface area contributed by atoms with Gasteiger partial charge in [0.2, 0.25) is 0 Å². The smallest absolute Gasteiger partial charge is 0.177 e. The fourth-order valence-electron chi connectivity index (χ4n) is 3.00. The molecule has 0 saturated heterocycles. The van der Waals surface area contributed by atoms with Gasteiger partial charge in [0, 0.05) is 5.92 Å². The van der Waals surface area contributed by atoms with Crippen molar-refractivity contribution >= 4 is 6.29 Å². The predicted octanol–water partition coefficient (Wildman–Crippen LogP) is 6.34. The fourth-order valence-corrected chi connectivity index (χ4v) is 3.00. The van der Waals surface area contributed by atoms with Gasteiger partial charge >= 0.3 is 0 Å². The van der Waals surface area contributed by atoms with Gasteiger partial charge in [-0.25, -0.2) is 0 Å². The van der Waals surface area contributed by atoms with Crippen LogP contribution in [0.5, 0.6) is 0 Å². The highest BCUT2D eigenvalue weighted by atomic mass is 16.7. The Labute approximate surface area is 171 Å². The monoisotopic (exact) mass is 386 g/mol. The van der Waals surface area contributed by atoms with E-state index in [2.05, 4.69) is 50.3 Å². The first kappa shape index (κ1) is 24.3. The molecule has 3 heteroatoms. The Morgan fingerprint density at radius 2 is 1.96 bits per heavy atom. The van der Waals surface area contributed by atoms with Crippen molar-refractivity contribution in [2.24, 2.45) is 11.8 Å². The minimum Gasteiger partial charge on any atom is -0.346 e. The highest BCUT2D eigenvalue weighted by Crippen LogP contribution is 2.18. The van der Waals surface area contributed by atoms with Crippen LogP contribution in [0.1, 0.15) is 60.8 Å². The molecule has 0 aromatic carbocycles. The number of carbonyl (C=O) groups is 1. The van der Waals surface area contributed by atoms with Crippen molar-refractivity contribution < 1.29 is 14.3 Å². The zero-order chi connectivity index (χ0) is 20.9. The molecule has 0 bridgehead atoms. The summed E-state index contributed by atoms with van der Waals surface area (Å²) in [5, 5.41) is 0. The SMILES string of the molecule is CCC(=C/[C@H](C)C/C=C/C(C)=C/[C@@H](C)C=O)/C=C/[C@H]1CC=C[C@H](OC(C)C)O1. The van der Waals surface area contributed by atoms with Gasteiger partial charge in [-0.1, -0.05) is 74.4 Å². The molecule has 1 heterocycles.